The Balaban J connectivity index is 1.67. The molecule has 2 heterocycles. The summed E-state index contributed by atoms with van der Waals surface area (Å²) in [6.07, 6.45) is 2.40. The highest BCUT2D eigenvalue weighted by Gasteiger charge is 2.12. The van der Waals surface area contributed by atoms with E-state index in [1.165, 1.54) is 18.4 Å². The summed E-state index contributed by atoms with van der Waals surface area (Å²) in [5.74, 6) is 0.593. The van der Waals surface area contributed by atoms with E-state index in [2.05, 4.69) is 40.9 Å². The Morgan fingerprint density at radius 1 is 1.26 bits per heavy atom. The van der Waals surface area contributed by atoms with Crippen molar-refractivity contribution >= 4 is 44.2 Å². The van der Waals surface area contributed by atoms with E-state index in [9.17, 15) is 4.79 Å². The largest absolute Gasteiger partial charge is 0.470 e. The molecular weight excluding hydrogens is 432 g/mol. The van der Waals surface area contributed by atoms with Gasteiger partial charge in [0.1, 0.15) is 11.2 Å². The van der Waals surface area contributed by atoms with Gasteiger partial charge in [-0.15, -0.1) is 11.3 Å². The van der Waals surface area contributed by atoms with Crippen molar-refractivity contribution in [2.24, 2.45) is 0 Å². The molecule has 3 rings (SSSR count). The second kappa shape index (κ2) is 9.43. The molecule has 0 amide bonds. The Bertz CT molecular complexity index is 905. The Hall–Kier alpha value is -2.52. The third-order valence-corrected chi connectivity index (χ3v) is 4.71. The second-order valence-electron chi connectivity index (χ2n) is 5.47. The van der Waals surface area contributed by atoms with Crippen LogP contribution in [0.15, 0.2) is 46.5 Å². The van der Waals surface area contributed by atoms with Crippen LogP contribution < -0.4 is 10.1 Å². The van der Waals surface area contributed by atoms with Gasteiger partial charge in [-0.25, -0.2) is 15.0 Å². The van der Waals surface area contributed by atoms with Gasteiger partial charge in [-0.1, -0.05) is 30.3 Å². The number of hydrogen-bond donors (Lipinski definition) is 1. The molecule has 0 saturated carbocycles. The Morgan fingerprint density at radius 3 is 2.85 bits per heavy atom. The third kappa shape index (κ3) is 5.73. The van der Waals surface area contributed by atoms with E-state index in [-0.39, 0.29) is 5.97 Å². The number of methoxy groups -OCH3 is 1. The van der Waals surface area contributed by atoms with E-state index in [1.54, 1.807) is 6.20 Å². The maximum absolute atomic E-state index is 11.2. The lowest BCUT2D eigenvalue weighted by atomic mass is 10.2. The summed E-state index contributed by atoms with van der Waals surface area (Å²) >= 11 is 4.74. The average molecular weight is 449 g/mol. The molecule has 0 aliphatic carbocycles. The molecule has 27 heavy (non-hydrogen) atoms. The number of hydrogen-bond acceptors (Lipinski definition) is 8. The number of carbonyl (C=O) groups excluding carboxylic acids is 1. The quantitative estimate of drug-likeness (QED) is 0.518. The zero-order valence-corrected chi connectivity index (χ0v) is 16.9. The first kappa shape index (κ1) is 19.2. The van der Waals surface area contributed by atoms with Crippen molar-refractivity contribution in [1.82, 2.24) is 15.0 Å². The number of esters is 1. The highest BCUT2D eigenvalue weighted by atomic mass is 79.9. The van der Waals surface area contributed by atoms with Gasteiger partial charge in [0.25, 0.3) is 5.88 Å². The van der Waals surface area contributed by atoms with Gasteiger partial charge >= 0.3 is 5.97 Å². The minimum atomic E-state index is -0.257. The van der Waals surface area contributed by atoms with Crippen LogP contribution in [-0.4, -0.2) is 28.0 Å². The van der Waals surface area contributed by atoms with E-state index >= 15 is 0 Å². The molecule has 1 N–H and O–H groups in total. The fourth-order valence-electron chi connectivity index (χ4n) is 2.18. The van der Waals surface area contributed by atoms with Crippen LogP contribution in [-0.2, 0) is 22.6 Å². The van der Waals surface area contributed by atoms with E-state index in [0.29, 0.717) is 40.9 Å². The average Bonchev–Trinajstić information content (AvgIpc) is 3.14. The number of halogens is 1. The molecule has 0 saturated heterocycles. The molecule has 0 aliphatic rings. The standard InChI is InChI=1S/C18H17BrN4O3S/c1-25-15(24)8-7-13-11-27-18(21-13)23-16-17(22-14(19)9-20-16)26-10-12-5-3-2-4-6-12/h2-6,9,11H,7-8,10H2,1H3,(H,20,21,23). The Kier molecular flexibility index (Phi) is 6.72. The topological polar surface area (TPSA) is 86.2 Å². The van der Waals surface area contributed by atoms with Crippen molar-refractivity contribution in [1.29, 1.82) is 0 Å². The number of nitrogens with one attached hydrogen (secondary N) is 1. The SMILES string of the molecule is COC(=O)CCc1csc(Nc2ncc(Br)nc2OCc2ccccc2)n1. The maximum atomic E-state index is 11.2. The van der Waals surface area contributed by atoms with E-state index in [0.717, 1.165) is 11.3 Å². The molecule has 0 unspecified atom stereocenters. The highest BCUT2D eigenvalue weighted by molar-refractivity contribution is 9.10. The summed E-state index contributed by atoms with van der Waals surface area (Å²) in [6.45, 7) is 0.378. The second-order valence-corrected chi connectivity index (χ2v) is 7.14. The Labute approximate surface area is 168 Å². The first-order valence-electron chi connectivity index (χ1n) is 8.11. The van der Waals surface area contributed by atoms with Crippen molar-refractivity contribution in [3.63, 3.8) is 0 Å². The summed E-state index contributed by atoms with van der Waals surface area (Å²) in [5, 5.41) is 5.67. The normalized spacial score (nSPS) is 10.4. The van der Waals surface area contributed by atoms with Gasteiger partial charge in [0, 0.05) is 11.8 Å². The number of nitrogens with zero attached hydrogens (tertiary/aromatic N) is 3. The van der Waals surface area contributed by atoms with Crippen LogP contribution in [0.4, 0.5) is 10.9 Å². The van der Waals surface area contributed by atoms with Crippen LogP contribution in [0.2, 0.25) is 0 Å². The van der Waals surface area contributed by atoms with Crippen molar-refractivity contribution < 1.29 is 14.3 Å². The van der Waals surface area contributed by atoms with E-state index in [4.69, 9.17) is 4.74 Å². The van der Waals surface area contributed by atoms with Crippen LogP contribution in [0.3, 0.4) is 0 Å². The molecule has 0 radical (unpaired) electrons. The minimum absolute atomic E-state index is 0.257. The number of rotatable bonds is 8. The number of benzene rings is 1. The van der Waals surface area contributed by atoms with Crippen LogP contribution >= 0.6 is 27.3 Å². The molecule has 3 aromatic rings. The summed E-state index contributed by atoms with van der Waals surface area (Å²) in [5.41, 5.74) is 1.84. The third-order valence-electron chi connectivity index (χ3n) is 3.52. The van der Waals surface area contributed by atoms with Crippen molar-refractivity contribution in [3.8, 4) is 5.88 Å². The monoisotopic (exact) mass is 448 g/mol. The number of thiazole rings is 1. The van der Waals surface area contributed by atoms with Gasteiger partial charge in [-0.05, 0) is 21.5 Å². The van der Waals surface area contributed by atoms with E-state index < -0.39 is 0 Å². The number of anilines is 2. The van der Waals surface area contributed by atoms with Gasteiger partial charge in [0.2, 0.25) is 0 Å². The smallest absolute Gasteiger partial charge is 0.305 e. The van der Waals surface area contributed by atoms with E-state index in [1.807, 2.05) is 35.7 Å². The van der Waals surface area contributed by atoms with Gasteiger partial charge in [0.05, 0.1) is 25.4 Å². The Morgan fingerprint density at radius 2 is 2.07 bits per heavy atom. The fraction of sp³-hybridized carbons (Fsp3) is 0.222. The van der Waals surface area contributed by atoms with Crippen molar-refractivity contribution in [2.45, 2.75) is 19.4 Å². The summed E-state index contributed by atoms with van der Waals surface area (Å²) in [6, 6.07) is 9.82. The molecule has 0 spiro atoms. The van der Waals surface area contributed by atoms with Gasteiger partial charge < -0.3 is 14.8 Å². The molecule has 0 fully saturated rings. The van der Waals surface area contributed by atoms with Crippen LogP contribution in [0.1, 0.15) is 17.7 Å². The lowest BCUT2D eigenvalue weighted by Crippen LogP contribution is -2.04. The lowest BCUT2D eigenvalue weighted by molar-refractivity contribution is -0.140. The maximum Gasteiger partial charge on any atom is 0.305 e. The zero-order chi connectivity index (χ0) is 19.1. The summed E-state index contributed by atoms with van der Waals surface area (Å²) in [4.78, 5) is 24.4. The van der Waals surface area contributed by atoms with Crippen molar-refractivity contribution in [2.75, 3.05) is 12.4 Å². The van der Waals surface area contributed by atoms with Gasteiger partial charge in [0.15, 0.2) is 10.9 Å². The van der Waals surface area contributed by atoms with Crippen LogP contribution in [0.5, 0.6) is 5.88 Å². The minimum Gasteiger partial charge on any atom is -0.470 e. The molecule has 140 valence electrons. The fourth-order valence-corrected chi connectivity index (χ4v) is 3.18. The zero-order valence-electron chi connectivity index (χ0n) is 14.5. The molecule has 0 aliphatic heterocycles. The number of aryl methyl sites for hydroxylation is 1. The number of aromatic nitrogens is 3. The van der Waals surface area contributed by atoms with Gasteiger partial charge in [-0.3, -0.25) is 4.79 Å². The first-order valence-corrected chi connectivity index (χ1v) is 9.79. The molecule has 1 aromatic carbocycles. The molecule has 0 atom stereocenters. The molecule has 9 heteroatoms. The van der Waals surface area contributed by atoms with Crippen LogP contribution in [0, 0.1) is 0 Å². The first-order chi connectivity index (χ1) is 13.1. The lowest BCUT2D eigenvalue weighted by Gasteiger charge is -2.10. The predicted molar refractivity (Wildman–Crippen MR) is 106 cm³/mol. The number of carbonyl (C=O) groups is 1. The highest BCUT2D eigenvalue weighted by Crippen LogP contribution is 2.27. The van der Waals surface area contributed by atoms with Crippen LogP contribution in [0.25, 0.3) is 0 Å². The molecular formula is C18H17BrN4O3S. The number of ether oxygens (including phenoxy) is 2. The van der Waals surface area contributed by atoms with Gasteiger partial charge in [-0.2, -0.15) is 0 Å². The predicted octanol–water partition coefficient (Wildman–Crippen LogP) is 4.12. The molecule has 2 aromatic heterocycles. The molecule has 0 bridgehead atoms. The summed E-state index contributed by atoms with van der Waals surface area (Å²) in [7, 11) is 1.37. The van der Waals surface area contributed by atoms with Crippen molar-refractivity contribution in [3.05, 3.63) is 57.8 Å². The summed E-state index contributed by atoms with van der Waals surface area (Å²) < 4.78 is 11.1. The molecule has 7 nitrogen and oxygen atoms in total.